The lowest BCUT2D eigenvalue weighted by Crippen LogP contribution is -2.32. The van der Waals surface area contributed by atoms with Gasteiger partial charge in [0.25, 0.3) is 0 Å². The number of carbonyl (C=O) groups excluding carboxylic acids is 3. The summed E-state index contributed by atoms with van der Waals surface area (Å²) in [6, 6.07) is 0. The molecule has 0 radical (unpaired) electrons. The van der Waals surface area contributed by atoms with Crippen LogP contribution in [0.4, 0.5) is 0 Å². The maximum Gasteiger partial charge on any atom is 0.479 e. The molecule has 13 heteroatoms. The SMILES string of the molecule is CC(C)C1CC(=O)N(CCCCCC(=O)NCCOP(=O)(O)OP(=O)(O)C(C)C)C1=O. The minimum absolute atomic E-state index is 0.0719. The van der Waals surface area contributed by atoms with E-state index in [-0.39, 0.29) is 55.6 Å². The van der Waals surface area contributed by atoms with Crippen LogP contribution in [0, 0.1) is 11.8 Å². The van der Waals surface area contributed by atoms with Crippen LogP contribution in [0.1, 0.15) is 59.8 Å². The van der Waals surface area contributed by atoms with Crippen molar-refractivity contribution in [3.05, 3.63) is 0 Å². The summed E-state index contributed by atoms with van der Waals surface area (Å²) >= 11 is 0. The molecule has 1 aliphatic heterocycles. The van der Waals surface area contributed by atoms with Crippen molar-refractivity contribution in [3.63, 3.8) is 0 Å². The summed E-state index contributed by atoms with van der Waals surface area (Å²) in [6.45, 7) is 6.49. The summed E-state index contributed by atoms with van der Waals surface area (Å²) in [5.41, 5.74) is -0.866. The first-order valence-corrected chi connectivity index (χ1v) is 13.5. The van der Waals surface area contributed by atoms with E-state index in [1.165, 1.54) is 18.7 Å². The van der Waals surface area contributed by atoms with Crippen LogP contribution in [0.2, 0.25) is 0 Å². The van der Waals surface area contributed by atoms with Crippen LogP contribution in [-0.2, 0) is 32.3 Å². The monoisotopic (exact) mass is 484 g/mol. The normalized spacial score (nSPS) is 20.9. The van der Waals surface area contributed by atoms with E-state index < -0.39 is 21.1 Å². The molecule has 3 unspecified atom stereocenters. The van der Waals surface area contributed by atoms with E-state index in [0.29, 0.717) is 25.8 Å². The molecule has 1 rings (SSSR count). The average molecular weight is 484 g/mol. The van der Waals surface area contributed by atoms with Crippen molar-refractivity contribution in [2.24, 2.45) is 11.8 Å². The van der Waals surface area contributed by atoms with Crippen LogP contribution in [-0.4, -0.2) is 57.8 Å². The number of unbranched alkanes of at least 4 members (excludes halogenated alkanes) is 2. The number of carbonyl (C=O) groups is 3. The van der Waals surface area contributed by atoms with Gasteiger partial charge in [0.2, 0.25) is 17.7 Å². The van der Waals surface area contributed by atoms with E-state index in [2.05, 4.69) is 14.2 Å². The van der Waals surface area contributed by atoms with Crippen LogP contribution < -0.4 is 5.32 Å². The predicted molar refractivity (Wildman–Crippen MR) is 113 cm³/mol. The molecule has 3 amide bonds. The number of phosphoric ester groups is 1. The molecule has 180 valence electrons. The lowest BCUT2D eigenvalue weighted by Gasteiger charge is -2.18. The van der Waals surface area contributed by atoms with Gasteiger partial charge in [-0.15, -0.1) is 0 Å². The van der Waals surface area contributed by atoms with Crippen molar-refractivity contribution in [1.82, 2.24) is 10.2 Å². The number of phosphoric acid groups is 1. The highest BCUT2D eigenvalue weighted by Gasteiger charge is 2.39. The number of hydrogen-bond donors (Lipinski definition) is 3. The first kappa shape index (κ1) is 27.9. The number of nitrogens with zero attached hydrogens (tertiary/aromatic N) is 1. The van der Waals surface area contributed by atoms with Gasteiger partial charge in [-0.3, -0.25) is 28.4 Å². The molecule has 3 atom stereocenters. The zero-order valence-electron chi connectivity index (χ0n) is 18.5. The van der Waals surface area contributed by atoms with Crippen LogP contribution in [0.3, 0.4) is 0 Å². The number of rotatable bonds is 14. The Hall–Kier alpha value is -1.09. The fourth-order valence-corrected chi connectivity index (χ4v) is 5.35. The number of hydrogen-bond acceptors (Lipinski definition) is 7. The Kier molecular flexibility index (Phi) is 11.0. The van der Waals surface area contributed by atoms with Gasteiger partial charge in [-0.05, 0) is 18.8 Å². The topological polar surface area (TPSA) is 160 Å². The minimum atomic E-state index is -4.71. The fourth-order valence-electron chi connectivity index (χ4n) is 2.90. The van der Waals surface area contributed by atoms with Crippen molar-refractivity contribution in [2.75, 3.05) is 19.7 Å². The fraction of sp³-hybridized carbons (Fsp3) is 0.833. The Morgan fingerprint density at radius 1 is 1.16 bits per heavy atom. The second kappa shape index (κ2) is 12.2. The molecule has 0 aromatic carbocycles. The molecule has 1 fully saturated rings. The summed E-state index contributed by atoms with van der Waals surface area (Å²) in [6.07, 6.45) is 2.30. The van der Waals surface area contributed by atoms with Gasteiger partial charge < -0.3 is 15.1 Å². The summed E-state index contributed by atoms with van der Waals surface area (Å²) in [5.74, 6) is -0.662. The maximum absolute atomic E-state index is 12.2. The highest BCUT2D eigenvalue weighted by atomic mass is 31.3. The lowest BCUT2D eigenvalue weighted by atomic mass is 9.94. The van der Waals surface area contributed by atoms with Gasteiger partial charge in [0.1, 0.15) is 0 Å². The van der Waals surface area contributed by atoms with E-state index in [4.69, 9.17) is 0 Å². The summed E-state index contributed by atoms with van der Waals surface area (Å²) < 4.78 is 32.1. The molecule has 31 heavy (non-hydrogen) atoms. The van der Waals surface area contributed by atoms with Gasteiger partial charge in [0.05, 0.1) is 12.3 Å². The molecule has 1 saturated heterocycles. The number of likely N-dealkylation sites (tertiary alicyclic amines) is 1. The molecule has 3 N–H and O–H groups in total. The molecule has 0 bridgehead atoms. The molecule has 0 aromatic heterocycles. The second-order valence-corrected chi connectivity index (χ2v) is 12.1. The van der Waals surface area contributed by atoms with Gasteiger partial charge in [0.15, 0.2) is 0 Å². The Morgan fingerprint density at radius 3 is 2.35 bits per heavy atom. The lowest BCUT2D eigenvalue weighted by molar-refractivity contribution is -0.139. The van der Waals surface area contributed by atoms with Crippen LogP contribution in [0.25, 0.3) is 0 Å². The maximum atomic E-state index is 12.2. The smallest absolute Gasteiger partial charge is 0.354 e. The van der Waals surface area contributed by atoms with Gasteiger partial charge in [-0.1, -0.05) is 34.1 Å². The first-order chi connectivity index (χ1) is 14.3. The molecular formula is C18H34N2O9P2. The second-order valence-electron chi connectivity index (χ2n) is 8.14. The van der Waals surface area contributed by atoms with Gasteiger partial charge in [-0.25, -0.2) is 8.88 Å². The zero-order chi connectivity index (χ0) is 23.8. The molecule has 0 aliphatic carbocycles. The number of nitrogens with one attached hydrogen (secondary N) is 1. The van der Waals surface area contributed by atoms with Crippen molar-refractivity contribution in [2.45, 2.75) is 65.5 Å². The third-order valence-electron chi connectivity index (χ3n) is 4.92. The quantitative estimate of drug-likeness (QED) is 0.191. The highest BCUT2D eigenvalue weighted by Crippen LogP contribution is 2.61. The molecule has 1 heterocycles. The van der Waals surface area contributed by atoms with Crippen molar-refractivity contribution < 1.29 is 42.1 Å². The van der Waals surface area contributed by atoms with E-state index >= 15 is 0 Å². The minimum Gasteiger partial charge on any atom is -0.354 e. The van der Waals surface area contributed by atoms with Crippen LogP contribution in [0.5, 0.6) is 0 Å². The summed E-state index contributed by atoms with van der Waals surface area (Å²) in [7, 11) is -8.98. The summed E-state index contributed by atoms with van der Waals surface area (Å²) in [5, 5.41) is 2.50. The molecule has 1 aliphatic rings. The van der Waals surface area contributed by atoms with Crippen LogP contribution >= 0.6 is 15.4 Å². The van der Waals surface area contributed by atoms with Gasteiger partial charge in [0, 0.05) is 31.8 Å². The standard InChI is InChI=1S/C18H34N2O9P2/c1-13(2)15-12-17(22)20(18(15)23)10-7-5-6-8-16(21)19-9-11-28-31(26,27)29-30(24,25)14(3)4/h13-15H,5-12H2,1-4H3,(H,19,21)(H,24,25)(H,26,27). The largest absolute Gasteiger partial charge is 0.479 e. The Morgan fingerprint density at radius 2 is 1.81 bits per heavy atom. The number of imide groups is 1. The van der Waals surface area contributed by atoms with E-state index in [9.17, 15) is 33.3 Å². The zero-order valence-corrected chi connectivity index (χ0v) is 20.3. The van der Waals surface area contributed by atoms with Gasteiger partial charge in [-0.2, -0.15) is 0 Å². The Bertz CT molecular complexity index is 742. The average Bonchev–Trinajstić information content (AvgIpc) is 2.92. The third-order valence-corrected chi connectivity index (χ3v) is 8.50. The molecule has 0 saturated carbocycles. The van der Waals surface area contributed by atoms with Crippen molar-refractivity contribution in [1.29, 1.82) is 0 Å². The van der Waals surface area contributed by atoms with Gasteiger partial charge >= 0.3 is 15.4 Å². The number of amides is 3. The first-order valence-electron chi connectivity index (χ1n) is 10.4. The van der Waals surface area contributed by atoms with Crippen molar-refractivity contribution in [3.8, 4) is 0 Å². The van der Waals surface area contributed by atoms with Crippen molar-refractivity contribution >= 4 is 33.1 Å². The highest BCUT2D eigenvalue weighted by molar-refractivity contribution is 7.64. The summed E-state index contributed by atoms with van der Waals surface area (Å²) in [4.78, 5) is 56.2. The third kappa shape index (κ3) is 9.51. The van der Waals surface area contributed by atoms with E-state index in [0.717, 1.165) is 0 Å². The molecule has 0 aromatic rings. The van der Waals surface area contributed by atoms with Crippen LogP contribution in [0.15, 0.2) is 0 Å². The predicted octanol–water partition coefficient (Wildman–Crippen LogP) is 2.42. The molecular weight excluding hydrogens is 450 g/mol. The molecule has 0 spiro atoms. The molecule has 11 nitrogen and oxygen atoms in total. The van der Waals surface area contributed by atoms with E-state index in [1.54, 1.807) is 0 Å². The van der Waals surface area contributed by atoms with E-state index in [1.807, 2.05) is 13.8 Å². The Labute approximate surface area is 183 Å². The Balaban J connectivity index is 2.18.